The number of carboxylic acids is 1. The zero-order valence-electron chi connectivity index (χ0n) is 31.6. The van der Waals surface area contributed by atoms with Gasteiger partial charge in [-0.2, -0.15) is 0 Å². The third kappa shape index (κ3) is 19.6. The van der Waals surface area contributed by atoms with Crippen molar-refractivity contribution in [3.8, 4) is 0 Å². The first kappa shape index (κ1) is 50.3. The number of rotatable bonds is 26. The predicted molar refractivity (Wildman–Crippen MR) is 195 cm³/mol. The molecule has 0 bridgehead atoms. The first-order valence-corrected chi connectivity index (χ1v) is 17.4. The molecule has 0 rings (SSSR count). The van der Waals surface area contributed by atoms with Crippen LogP contribution in [0.2, 0.25) is 0 Å². The molecule has 56 heavy (non-hydrogen) atoms. The van der Waals surface area contributed by atoms with Gasteiger partial charge in [0.05, 0.1) is 39.5 Å². The number of nitrogens with one attached hydrogen (secondary N) is 8. The van der Waals surface area contributed by atoms with Crippen molar-refractivity contribution in [2.24, 2.45) is 34.0 Å². The Kier molecular flexibility index (Phi) is 23.5. The maximum Gasteiger partial charge on any atom is 0.326 e. The van der Waals surface area contributed by atoms with Gasteiger partial charge in [-0.3, -0.25) is 43.3 Å². The molecule has 0 saturated heterocycles. The Morgan fingerprint density at radius 3 is 1.36 bits per heavy atom. The molecule has 0 aliphatic rings. The molecule has 8 amide bonds. The standard InChI is InChI=1S/C31H56N12O13/c1-14(2)23(43-25(50)16(32)11-44)29(54)41-17(6-5-7-35-31(33)34)26(51)36-8-20(47)39-18(12-45)27(52)37-9-21(48)40-19(13-46)28(53)38-10-22(49)42-24(15(3)4)30(55)56/h14-19,23-24,44-46H,5-13,32H2,1-4H3,(H,36,51)(H,37,52)(H,38,53)(H,39,47)(H,40,48)(H,41,54)(H,42,49)(H,43,50)(H,55,56)(H4,33,34,35)/t16-,17-,18-,19-,23-,24-/m0/s1. The van der Waals surface area contributed by atoms with Crippen LogP contribution in [0.1, 0.15) is 40.5 Å². The average Bonchev–Trinajstić information content (AvgIpc) is 3.13. The van der Waals surface area contributed by atoms with Crippen molar-refractivity contribution >= 4 is 59.2 Å². The number of aliphatic carboxylic acids is 1. The number of amides is 8. The number of hydrogen-bond acceptors (Lipinski definition) is 14. The van der Waals surface area contributed by atoms with Crippen molar-refractivity contribution in [1.82, 2.24) is 42.5 Å². The first-order chi connectivity index (χ1) is 26.2. The van der Waals surface area contributed by atoms with E-state index in [2.05, 4.69) is 47.5 Å². The molecule has 0 radical (unpaired) electrons. The molecular formula is C31H56N12O13. The van der Waals surface area contributed by atoms with E-state index in [1.807, 2.05) is 0 Å². The van der Waals surface area contributed by atoms with Crippen molar-refractivity contribution in [1.29, 1.82) is 0 Å². The monoisotopic (exact) mass is 804 g/mol. The van der Waals surface area contributed by atoms with E-state index in [4.69, 9.17) is 27.4 Å². The fourth-order valence-corrected chi connectivity index (χ4v) is 4.40. The van der Waals surface area contributed by atoms with E-state index in [1.54, 1.807) is 27.7 Å². The van der Waals surface area contributed by atoms with Gasteiger partial charge in [-0.15, -0.1) is 0 Å². The summed E-state index contributed by atoms with van der Waals surface area (Å²) in [7, 11) is 0. The quantitative estimate of drug-likeness (QED) is 0.0219. The number of aliphatic hydroxyl groups excluding tert-OH is 3. The Hall–Kier alpha value is -5.66. The van der Waals surface area contributed by atoms with E-state index in [0.717, 1.165) is 0 Å². The normalized spacial score (nSPS) is 14.0. The molecule has 0 unspecified atom stereocenters. The Morgan fingerprint density at radius 1 is 0.554 bits per heavy atom. The van der Waals surface area contributed by atoms with Gasteiger partial charge < -0.3 is 80.2 Å². The lowest BCUT2D eigenvalue weighted by Gasteiger charge is -2.26. The summed E-state index contributed by atoms with van der Waals surface area (Å²) in [6.45, 7) is 1.62. The van der Waals surface area contributed by atoms with E-state index >= 15 is 0 Å². The van der Waals surface area contributed by atoms with Gasteiger partial charge in [0.25, 0.3) is 0 Å². The lowest BCUT2D eigenvalue weighted by Crippen LogP contribution is -2.58. The van der Waals surface area contributed by atoms with Gasteiger partial charge in [-0.25, -0.2) is 4.79 Å². The number of nitrogens with two attached hydrogens (primary N) is 3. The molecule has 0 aromatic carbocycles. The average molecular weight is 805 g/mol. The molecule has 18 N–H and O–H groups in total. The molecule has 0 aromatic heterocycles. The predicted octanol–water partition coefficient (Wildman–Crippen LogP) is -8.49. The smallest absolute Gasteiger partial charge is 0.326 e. The highest BCUT2D eigenvalue weighted by molar-refractivity contribution is 5.96. The van der Waals surface area contributed by atoms with Crippen LogP contribution in [-0.2, 0) is 43.2 Å². The van der Waals surface area contributed by atoms with Crippen molar-refractivity contribution < 1.29 is 63.6 Å². The van der Waals surface area contributed by atoms with Gasteiger partial charge in [0, 0.05) is 6.54 Å². The minimum atomic E-state index is -1.63. The summed E-state index contributed by atoms with van der Waals surface area (Å²) in [5, 5.41) is 55.4. The number of hydrogen-bond donors (Lipinski definition) is 15. The Bertz CT molecular complexity index is 1410. The third-order valence-corrected chi connectivity index (χ3v) is 7.55. The van der Waals surface area contributed by atoms with Gasteiger partial charge in [-0.1, -0.05) is 27.7 Å². The van der Waals surface area contributed by atoms with E-state index in [1.165, 1.54) is 0 Å². The summed E-state index contributed by atoms with van der Waals surface area (Å²) in [6, 6.07) is -8.18. The second kappa shape index (κ2) is 26.2. The van der Waals surface area contributed by atoms with Crippen molar-refractivity contribution in [2.75, 3.05) is 46.0 Å². The van der Waals surface area contributed by atoms with E-state index in [-0.39, 0.29) is 25.3 Å². The van der Waals surface area contributed by atoms with Crippen molar-refractivity contribution in [3.05, 3.63) is 0 Å². The number of carbonyl (C=O) groups is 9. The fourth-order valence-electron chi connectivity index (χ4n) is 4.40. The molecule has 318 valence electrons. The van der Waals surface area contributed by atoms with Crippen LogP contribution in [0.5, 0.6) is 0 Å². The molecule has 0 heterocycles. The van der Waals surface area contributed by atoms with Crippen molar-refractivity contribution in [2.45, 2.75) is 76.8 Å². The van der Waals surface area contributed by atoms with Crippen LogP contribution in [0, 0.1) is 11.8 Å². The largest absolute Gasteiger partial charge is 0.480 e. The third-order valence-electron chi connectivity index (χ3n) is 7.55. The SMILES string of the molecule is CC(C)[C@H](NC(=O)CNC(=O)[C@H](CO)NC(=O)CNC(=O)[C@H](CO)NC(=O)CNC(=O)[C@H](CCCN=C(N)N)NC(=O)[C@@H](NC(=O)[C@@H](N)CO)C(C)C)C(=O)O. The second-order valence-corrected chi connectivity index (χ2v) is 12.9. The summed E-state index contributed by atoms with van der Waals surface area (Å²) in [4.78, 5) is 115. The van der Waals surface area contributed by atoms with Gasteiger partial charge >= 0.3 is 5.97 Å². The number of nitrogens with zero attached hydrogens (tertiary/aromatic N) is 1. The minimum absolute atomic E-state index is 0.0335. The van der Waals surface area contributed by atoms with Gasteiger partial charge in [0.2, 0.25) is 47.3 Å². The molecular weight excluding hydrogens is 748 g/mol. The van der Waals surface area contributed by atoms with E-state index in [0.29, 0.717) is 0 Å². The number of carboxylic acid groups (broad SMARTS) is 1. The Labute approximate surface area is 322 Å². The van der Waals surface area contributed by atoms with Gasteiger partial charge in [0.15, 0.2) is 5.96 Å². The van der Waals surface area contributed by atoms with E-state index in [9.17, 15) is 53.4 Å². The molecule has 0 aliphatic carbocycles. The second-order valence-electron chi connectivity index (χ2n) is 12.9. The Morgan fingerprint density at radius 2 is 0.982 bits per heavy atom. The molecule has 0 aliphatic heterocycles. The topological polar surface area (TPSA) is 421 Å². The molecule has 0 fully saturated rings. The molecule has 25 heteroatoms. The summed E-state index contributed by atoms with van der Waals surface area (Å²) < 4.78 is 0. The van der Waals surface area contributed by atoms with Gasteiger partial charge in [0.1, 0.15) is 36.3 Å². The van der Waals surface area contributed by atoms with Crippen LogP contribution in [-0.4, -0.2) is 162 Å². The lowest BCUT2D eigenvalue weighted by molar-refractivity contribution is -0.143. The summed E-state index contributed by atoms with van der Waals surface area (Å²) in [6.07, 6.45) is 0.152. The highest BCUT2D eigenvalue weighted by Gasteiger charge is 2.31. The number of aliphatic hydroxyl groups is 3. The molecule has 6 atom stereocenters. The zero-order chi connectivity index (χ0) is 43.1. The molecule has 0 aromatic rings. The van der Waals surface area contributed by atoms with Crippen molar-refractivity contribution in [3.63, 3.8) is 0 Å². The fraction of sp³-hybridized carbons (Fsp3) is 0.677. The van der Waals surface area contributed by atoms with Crippen LogP contribution in [0.15, 0.2) is 4.99 Å². The zero-order valence-corrected chi connectivity index (χ0v) is 31.6. The highest BCUT2D eigenvalue weighted by atomic mass is 16.4. The van der Waals surface area contributed by atoms with E-state index < -0.39 is 141 Å². The maximum absolute atomic E-state index is 13.1. The number of aliphatic imine (C=N–C) groups is 1. The molecule has 0 spiro atoms. The van der Waals surface area contributed by atoms with Crippen LogP contribution in [0.4, 0.5) is 0 Å². The number of guanidine groups is 1. The highest BCUT2D eigenvalue weighted by Crippen LogP contribution is 2.06. The van der Waals surface area contributed by atoms with Crippen LogP contribution in [0.3, 0.4) is 0 Å². The lowest BCUT2D eigenvalue weighted by atomic mass is 10.0. The van der Waals surface area contributed by atoms with Crippen LogP contribution >= 0.6 is 0 Å². The molecule has 0 saturated carbocycles. The number of carbonyl (C=O) groups excluding carboxylic acids is 8. The summed E-state index contributed by atoms with van der Waals surface area (Å²) in [5.41, 5.74) is 16.2. The maximum atomic E-state index is 13.1. The molecule has 25 nitrogen and oxygen atoms in total. The summed E-state index contributed by atoms with van der Waals surface area (Å²) in [5.74, 6) is -9.79. The van der Waals surface area contributed by atoms with Crippen LogP contribution < -0.4 is 59.7 Å². The van der Waals surface area contributed by atoms with Crippen LogP contribution in [0.25, 0.3) is 0 Å². The van der Waals surface area contributed by atoms with Gasteiger partial charge in [-0.05, 0) is 24.7 Å². The summed E-state index contributed by atoms with van der Waals surface area (Å²) >= 11 is 0. The Balaban J connectivity index is 5.27. The minimum Gasteiger partial charge on any atom is -0.480 e. The first-order valence-electron chi connectivity index (χ1n) is 17.4.